The Morgan fingerprint density at radius 2 is 0.532 bits per heavy atom. The van der Waals surface area contributed by atoms with Crippen LogP contribution in [0, 0.1) is 11.8 Å². The molecule has 0 aliphatic heterocycles. The average molecular weight is 877 g/mol. The van der Waals surface area contributed by atoms with Gasteiger partial charge in [0, 0.05) is 19.3 Å². The van der Waals surface area contributed by atoms with Crippen LogP contribution in [-0.4, -0.2) is 37.2 Å². The summed E-state index contributed by atoms with van der Waals surface area (Å²) in [4.78, 5) is 37.9. The number of rotatable bonds is 50. The van der Waals surface area contributed by atoms with Crippen molar-refractivity contribution in [2.24, 2.45) is 11.8 Å². The molecule has 0 aromatic carbocycles. The van der Waals surface area contributed by atoms with Crippen molar-refractivity contribution in [1.82, 2.24) is 0 Å². The highest BCUT2D eigenvalue weighted by Crippen LogP contribution is 2.18. The van der Waals surface area contributed by atoms with E-state index >= 15 is 0 Å². The summed E-state index contributed by atoms with van der Waals surface area (Å²) in [5.41, 5.74) is 0. The Hall–Kier alpha value is -1.59. The van der Waals surface area contributed by atoms with Gasteiger partial charge >= 0.3 is 17.9 Å². The highest BCUT2D eigenvalue weighted by Gasteiger charge is 2.19. The second kappa shape index (κ2) is 48.9. The predicted molar refractivity (Wildman–Crippen MR) is 266 cm³/mol. The normalized spacial score (nSPS) is 12.0. The van der Waals surface area contributed by atoms with E-state index < -0.39 is 6.10 Å². The lowest BCUT2D eigenvalue weighted by atomic mass is 10.0. The summed E-state index contributed by atoms with van der Waals surface area (Å²) in [6.45, 7) is 11.4. The van der Waals surface area contributed by atoms with E-state index in [4.69, 9.17) is 14.2 Å². The van der Waals surface area contributed by atoms with Crippen molar-refractivity contribution < 1.29 is 28.6 Å². The number of carbonyl (C=O) groups is 3. The Bertz CT molecular complexity index is 947. The molecule has 0 fully saturated rings. The van der Waals surface area contributed by atoms with Gasteiger partial charge in [-0.05, 0) is 31.1 Å². The van der Waals surface area contributed by atoms with E-state index in [0.717, 1.165) is 69.6 Å². The summed E-state index contributed by atoms with van der Waals surface area (Å²) in [6, 6.07) is 0. The first-order chi connectivity index (χ1) is 30.2. The van der Waals surface area contributed by atoms with Gasteiger partial charge in [0.15, 0.2) is 6.10 Å². The third-order valence-electron chi connectivity index (χ3n) is 12.7. The van der Waals surface area contributed by atoms with Crippen molar-refractivity contribution in [3.63, 3.8) is 0 Å². The molecule has 0 aliphatic rings. The third kappa shape index (κ3) is 49.4. The molecule has 0 bridgehead atoms. The SMILES string of the molecule is CCCCCCCCCC(=O)OC[C@H](COC(=O)CCCCCCCCCCCCCCCCCC(C)C)OC(=O)CCCCCCCCCCCCCCCCCCC(C)C. The second-order valence-electron chi connectivity index (χ2n) is 20.2. The maximum atomic E-state index is 12.8. The van der Waals surface area contributed by atoms with E-state index in [1.165, 1.54) is 199 Å². The van der Waals surface area contributed by atoms with Crippen LogP contribution in [0.4, 0.5) is 0 Å². The van der Waals surface area contributed by atoms with E-state index in [9.17, 15) is 14.4 Å². The Morgan fingerprint density at radius 3 is 0.790 bits per heavy atom. The molecule has 0 radical (unpaired) electrons. The summed E-state index contributed by atoms with van der Waals surface area (Å²) in [7, 11) is 0. The van der Waals surface area contributed by atoms with E-state index in [2.05, 4.69) is 34.6 Å². The molecule has 0 amide bonds. The van der Waals surface area contributed by atoms with Crippen LogP contribution < -0.4 is 0 Å². The second-order valence-corrected chi connectivity index (χ2v) is 20.2. The summed E-state index contributed by atoms with van der Waals surface area (Å²) >= 11 is 0. The summed E-state index contributed by atoms with van der Waals surface area (Å²) < 4.78 is 16.8. The summed E-state index contributed by atoms with van der Waals surface area (Å²) in [5.74, 6) is 0.852. The first-order valence-corrected chi connectivity index (χ1v) is 27.7. The number of hydrogen-bond acceptors (Lipinski definition) is 6. The molecular weight excluding hydrogens is 769 g/mol. The topological polar surface area (TPSA) is 78.9 Å². The molecule has 0 heterocycles. The average Bonchev–Trinajstić information content (AvgIpc) is 3.24. The zero-order chi connectivity index (χ0) is 45.4. The van der Waals surface area contributed by atoms with Crippen LogP contribution in [0.25, 0.3) is 0 Å². The molecule has 0 spiro atoms. The lowest BCUT2D eigenvalue weighted by Gasteiger charge is -2.18. The van der Waals surface area contributed by atoms with Gasteiger partial charge in [0.25, 0.3) is 0 Å². The van der Waals surface area contributed by atoms with Gasteiger partial charge in [0.2, 0.25) is 0 Å². The van der Waals surface area contributed by atoms with Gasteiger partial charge in [0.05, 0.1) is 0 Å². The number of esters is 3. The minimum absolute atomic E-state index is 0.0633. The van der Waals surface area contributed by atoms with E-state index in [0.29, 0.717) is 19.3 Å². The zero-order valence-electron chi connectivity index (χ0n) is 42.5. The largest absolute Gasteiger partial charge is 0.462 e. The molecule has 0 N–H and O–H groups in total. The van der Waals surface area contributed by atoms with Crippen molar-refractivity contribution in [2.75, 3.05) is 13.2 Å². The number of carbonyl (C=O) groups excluding carboxylic acids is 3. The van der Waals surface area contributed by atoms with Crippen molar-refractivity contribution in [3.05, 3.63) is 0 Å². The molecule has 6 heteroatoms. The fourth-order valence-corrected chi connectivity index (χ4v) is 8.52. The fraction of sp³-hybridized carbons (Fsp3) is 0.946. The Labute approximate surface area is 387 Å². The van der Waals surface area contributed by atoms with Crippen LogP contribution in [0.2, 0.25) is 0 Å². The fourth-order valence-electron chi connectivity index (χ4n) is 8.52. The minimum atomic E-state index is -0.761. The van der Waals surface area contributed by atoms with E-state index in [-0.39, 0.29) is 31.1 Å². The van der Waals surface area contributed by atoms with Crippen molar-refractivity contribution >= 4 is 17.9 Å². The molecule has 62 heavy (non-hydrogen) atoms. The van der Waals surface area contributed by atoms with Gasteiger partial charge in [-0.3, -0.25) is 14.4 Å². The molecule has 368 valence electrons. The molecule has 0 rings (SSSR count). The van der Waals surface area contributed by atoms with Gasteiger partial charge in [-0.25, -0.2) is 0 Å². The Balaban J connectivity index is 4.15. The lowest BCUT2D eigenvalue weighted by Crippen LogP contribution is -2.30. The third-order valence-corrected chi connectivity index (χ3v) is 12.7. The van der Waals surface area contributed by atoms with Gasteiger partial charge < -0.3 is 14.2 Å². The molecule has 0 aromatic heterocycles. The zero-order valence-corrected chi connectivity index (χ0v) is 42.5. The minimum Gasteiger partial charge on any atom is -0.462 e. The molecule has 0 aromatic rings. The van der Waals surface area contributed by atoms with Crippen molar-refractivity contribution in [2.45, 2.75) is 317 Å². The maximum Gasteiger partial charge on any atom is 0.306 e. The molecule has 0 saturated heterocycles. The van der Waals surface area contributed by atoms with E-state index in [1.54, 1.807) is 0 Å². The molecule has 1 atom stereocenters. The van der Waals surface area contributed by atoms with E-state index in [1.807, 2.05) is 0 Å². The molecule has 0 saturated carbocycles. The predicted octanol–water partition coefficient (Wildman–Crippen LogP) is 18.1. The first-order valence-electron chi connectivity index (χ1n) is 27.7. The first kappa shape index (κ1) is 60.4. The highest BCUT2D eigenvalue weighted by atomic mass is 16.6. The Morgan fingerprint density at radius 1 is 0.306 bits per heavy atom. The lowest BCUT2D eigenvalue weighted by molar-refractivity contribution is -0.167. The van der Waals surface area contributed by atoms with Crippen LogP contribution >= 0.6 is 0 Å². The monoisotopic (exact) mass is 877 g/mol. The standard InChI is InChI=1S/C56H108O6/c1-6-7-8-9-29-36-41-46-54(57)60-49-53(50-61-55(58)47-42-37-32-27-23-19-16-12-14-18-22-26-31-35-40-45-52(4)5)62-56(59)48-43-38-33-28-24-20-15-11-10-13-17-21-25-30-34-39-44-51(2)3/h51-53H,6-50H2,1-5H3/t53-/m1/s1. The number of hydrogen-bond donors (Lipinski definition) is 0. The maximum absolute atomic E-state index is 12.8. The van der Waals surface area contributed by atoms with Crippen LogP contribution in [0.5, 0.6) is 0 Å². The smallest absolute Gasteiger partial charge is 0.306 e. The summed E-state index contributed by atoms with van der Waals surface area (Å²) in [6.07, 6.45) is 51.1. The molecule has 0 unspecified atom stereocenters. The summed E-state index contributed by atoms with van der Waals surface area (Å²) in [5, 5.41) is 0. The van der Waals surface area contributed by atoms with Crippen LogP contribution in [0.1, 0.15) is 311 Å². The number of unbranched alkanes of at least 4 members (excludes halogenated alkanes) is 35. The Kier molecular flexibility index (Phi) is 47.6. The molecule has 6 nitrogen and oxygen atoms in total. The molecular formula is C56H108O6. The van der Waals surface area contributed by atoms with Crippen LogP contribution in [0.3, 0.4) is 0 Å². The quantitative estimate of drug-likeness (QED) is 0.0344. The molecule has 0 aliphatic carbocycles. The van der Waals surface area contributed by atoms with Crippen LogP contribution in [0.15, 0.2) is 0 Å². The van der Waals surface area contributed by atoms with Gasteiger partial charge in [-0.1, -0.05) is 272 Å². The van der Waals surface area contributed by atoms with Gasteiger partial charge in [-0.15, -0.1) is 0 Å². The van der Waals surface area contributed by atoms with Crippen molar-refractivity contribution in [3.8, 4) is 0 Å². The van der Waals surface area contributed by atoms with Crippen LogP contribution in [-0.2, 0) is 28.6 Å². The number of ether oxygens (including phenoxy) is 3. The van der Waals surface area contributed by atoms with Gasteiger partial charge in [0.1, 0.15) is 13.2 Å². The van der Waals surface area contributed by atoms with Crippen molar-refractivity contribution in [1.29, 1.82) is 0 Å². The van der Waals surface area contributed by atoms with Gasteiger partial charge in [-0.2, -0.15) is 0 Å². The highest BCUT2D eigenvalue weighted by molar-refractivity contribution is 5.71.